The molecule has 1 aromatic heterocycles. The van der Waals surface area contributed by atoms with Crippen LogP contribution in [-0.2, 0) is 0 Å². The zero-order valence-corrected chi connectivity index (χ0v) is 8.80. The molecule has 0 amide bonds. The van der Waals surface area contributed by atoms with E-state index in [0.717, 1.165) is 6.42 Å². The number of rotatable bonds is 3. The highest BCUT2D eigenvalue weighted by Gasteiger charge is 2.10. The van der Waals surface area contributed by atoms with E-state index in [1.54, 1.807) is 6.20 Å². The van der Waals surface area contributed by atoms with Gasteiger partial charge in [0.2, 0.25) is 0 Å². The smallest absolute Gasteiger partial charge is 0.118 e. The molecule has 2 nitrogen and oxygen atoms in total. The average molecular weight is 196 g/mol. The molecule has 0 aliphatic carbocycles. The third kappa shape index (κ3) is 2.12. The van der Waals surface area contributed by atoms with Crippen molar-refractivity contribution in [1.29, 1.82) is 0 Å². The number of hydrogen-bond donors (Lipinski definition) is 0. The predicted molar refractivity (Wildman–Crippen MR) is 62.5 cm³/mol. The Kier molecular flexibility index (Phi) is 2.90. The second-order valence-corrected chi connectivity index (χ2v) is 3.59. The number of aromatic nitrogens is 2. The van der Waals surface area contributed by atoms with Crippen LogP contribution in [0.4, 0.5) is 0 Å². The Morgan fingerprint density at radius 1 is 1.33 bits per heavy atom. The minimum absolute atomic E-state index is 0.281. The molecule has 0 saturated heterocycles. The fraction of sp³-hybridized carbons (Fsp3) is 0.250. The summed E-state index contributed by atoms with van der Waals surface area (Å²) < 4.78 is 1.92. The van der Waals surface area contributed by atoms with Crippen molar-refractivity contribution < 1.29 is 0 Å². The predicted octanol–water partition coefficient (Wildman–Crippen LogP) is 1.68. The van der Waals surface area contributed by atoms with E-state index >= 15 is 0 Å². The van der Waals surface area contributed by atoms with Gasteiger partial charge in [-0.2, -0.15) is 5.10 Å². The Balaban J connectivity index is 2.33. The van der Waals surface area contributed by atoms with Gasteiger partial charge in [0, 0.05) is 12.4 Å². The first-order chi connectivity index (χ1) is 7.31. The van der Waals surface area contributed by atoms with Crippen molar-refractivity contribution in [3.05, 3.63) is 48.3 Å². The lowest BCUT2D eigenvalue weighted by atomic mass is 10.0. The molecule has 1 aromatic carbocycles. The lowest BCUT2D eigenvalue weighted by Crippen LogP contribution is -2.10. The summed E-state index contributed by atoms with van der Waals surface area (Å²) in [5.74, 6) is 0. The fourth-order valence-electron chi connectivity index (χ4n) is 1.77. The monoisotopic (exact) mass is 196 g/mol. The van der Waals surface area contributed by atoms with E-state index in [0.29, 0.717) is 5.46 Å². The first-order valence-corrected chi connectivity index (χ1v) is 5.16. The van der Waals surface area contributed by atoms with Crippen molar-refractivity contribution in [1.82, 2.24) is 9.78 Å². The Labute approximate surface area is 91.3 Å². The molecule has 0 aliphatic heterocycles. The van der Waals surface area contributed by atoms with Crippen LogP contribution >= 0.6 is 0 Å². The van der Waals surface area contributed by atoms with Crippen molar-refractivity contribution in [3.63, 3.8) is 0 Å². The van der Waals surface area contributed by atoms with E-state index in [1.165, 1.54) is 5.56 Å². The summed E-state index contributed by atoms with van der Waals surface area (Å²) in [5, 5.41) is 4.25. The van der Waals surface area contributed by atoms with Crippen LogP contribution in [0.1, 0.15) is 24.9 Å². The minimum Gasteiger partial charge on any atom is -0.266 e. The molecule has 0 saturated carbocycles. The molecule has 2 aromatic rings. The maximum atomic E-state index is 5.67. The average Bonchev–Trinajstić information content (AvgIpc) is 2.68. The lowest BCUT2D eigenvalue weighted by Gasteiger charge is -2.15. The first-order valence-electron chi connectivity index (χ1n) is 5.16. The maximum absolute atomic E-state index is 5.67. The van der Waals surface area contributed by atoms with Crippen molar-refractivity contribution in [2.24, 2.45) is 0 Å². The van der Waals surface area contributed by atoms with Crippen molar-refractivity contribution in [2.75, 3.05) is 0 Å². The molecule has 2 rings (SSSR count). The van der Waals surface area contributed by atoms with E-state index in [4.69, 9.17) is 7.85 Å². The zero-order valence-electron chi connectivity index (χ0n) is 8.80. The molecule has 0 fully saturated rings. The number of nitrogens with zero attached hydrogens (tertiary/aromatic N) is 2. The van der Waals surface area contributed by atoms with Gasteiger partial charge in [-0.25, -0.2) is 0 Å². The van der Waals surface area contributed by atoms with Crippen LogP contribution in [0.5, 0.6) is 0 Å². The summed E-state index contributed by atoms with van der Waals surface area (Å²) in [6.07, 6.45) is 4.57. The highest BCUT2D eigenvalue weighted by atomic mass is 15.3. The molecule has 1 atom stereocenters. The van der Waals surface area contributed by atoms with Gasteiger partial charge in [0.15, 0.2) is 0 Å². The molecule has 2 radical (unpaired) electrons. The molecule has 1 unspecified atom stereocenters. The number of hydrogen-bond acceptors (Lipinski definition) is 1. The van der Waals surface area contributed by atoms with Crippen molar-refractivity contribution in [3.8, 4) is 0 Å². The Morgan fingerprint density at radius 3 is 2.60 bits per heavy atom. The second-order valence-electron chi connectivity index (χ2n) is 3.59. The lowest BCUT2D eigenvalue weighted by molar-refractivity contribution is 0.509. The third-order valence-corrected chi connectivity index (χ3v) is 2.51. The standard InChI is InChI=1S/C12H13BN2/c1-2-12(10-6-4-3-5-7-10)15-9-11(13)8-14-15/h3-9,12H,2H2,1H3. The highest BCUT2D eigenvalue weighted by Crippen LogP contribution is 2.19. The van der Waals surface area contributed by atoms with Crippen molar-refractivity contribution in [2.45, 2.75) is 19.4 Å². The summed E-state index contributed by atoms with van der Waals surface area (Å²) >= 11 is 0. The van der Waals surface area contributed by atoms with E-state index in [2.05, 4.69) is 24.2 Å². The fourth-order valence-corrected chi connectivity index (χ4v) is 1.77. The van der Waals surface area contributed by atoms with E-state index < -0.39 is 0 Å². The number of benzene rings is 1. The van der Waals surface area contributed by atoms with Crippen LogP contribution in [0.2, 0.25) is 0 Å². The Bertz CT molecular complexity index is 422. The van der Waals surface area contributed by atoms with Gasteiger partial charge in [0.05, 0.1) is 6.04 Å². The first kappa shape index (κ1) is 10.0. The van der Waals surface area contributed by atoms with Crippen LogP contribution in [0, 0.1) is 0 Å². The third-order valence-electron chi connectivity index (χ3n) is 2.51. The molecule has 0 aliphatic rings. The zero-order chi connectivity index (χ0) is 10.7. The summed E-state index contributed by atoms with van der Waals surface area (Å²) in [6.45, 7) is 2.15. The van der Waals surface area contributed by atoms with E-state index in [1.807, 2.05) is 29.1 Å². The highest BCUT2D eigenvalue weighted by molar-refractivity contribution is 6.31. The van der Waals surface area contributed by atoms with Gasteiger partial charge in [-0.1, -0.05) is 42.7 Å². The Morgan fingerprint density at radius 2 is 2.07 bits per heavy atom. The van der Waals surface area contributed by atoms with Gasteiger partial charge >= 0.3 is 0 Å². The second kappa shape index (κ2) is 4.34. The van der Waals surface area contributed by atoms with Crippen LogP contribution in [0.3, 0.4) is 0 Å². The summed E-state index contributed by atoms with van der Waals surface area (Å²) in [7, 11) is 5.67. The molecule has 0 spiro atoms. The molecule has 3 heteroatoms. The van der Waals surface area contributed by atoms with Gasteiger partial charge in [-0.3, -0.25) is 4.68 Å². The quantitative estimate of drug-likeness (QED) is 0.683. The largest absolute Gasteiger partial charge is 0.266 e. The molecule has 15 heavy (non-hydrogen) atoms. The van der Waals surface area contributed by atoms with Gasteiger partial charge in [-0.05, 0) is 12.0 Å². The molecule has 74 valence electrons. The van der Waals surface area contributed by atoms with Crippen LogP contribution < -0.4 is 5.46 Å². The van der Waals surface area contributed by atoms with Gasteiger partial charge in [0.1, 0.15) is 7.85 Å². The molecule has 0 N–H and O–H groups in total. The van der Waals surface area contributed by atoms with Gasteiger partial charge in [-0.15, -0.1) is 0 Å². The molecular weight excluding hydrogens is 183 g/mol. The van der Waals surface area contributed by atoms with Gasteiger partial charge < -0.3 is 0 Å². The molecule has 1 heterocycles. The summed E-state index contributed by atoms with van der Waals surface area (Å²) in [6, 6.07) is 10.6. The Hall–Kier alpha value is -1.51. The SMILES string of the molecule is [B]c1cnn(C(CC)c2ccccc2)c1. The minimum atomic E-state index is 0.281. The van der Waals surface area contributed by atoms with Crippen LogP contribution in [0.15, 0.2) is 42.7 Å². The summed E-state index contributed by atoms with van der Waals surface area (Å²) in [4.78, 5) is 0. The maximum Gasteiger partial charge on any atom is 0.118 e. The van der Waals surface area contributed by atoms with Crippen LogP contribution in [0.25, 0.3) is 0 Å². The normalized spacial score (nSPS) is 12.6. The molecule has 0 bridgehead atoms. The van der Waals surface area contributed by atoms with Crippen LogP contribution in [-0.4, -0.2) is 17.6 Å². The van der Waals surface area contributed by atoms with E-state index in [9.17, 15) is 0 Å². The molecular formula is C12H13BN2. The summed E-state index contributed by atoms with van der Waals surface area (Å²) in [5.41, 5.74) is 1.98. The van der Waals surface area contributed by atoms with E-state index in [-0.39, 0.29) is 6.04 Å². The van der Waals surface area contributed by atoms with Crippen molar-refractivity contribution >= 4 is 13.3 Å². The van der Waals surface area contributed by atoms with Gasteiger partial charge in [0.25, 0.3) is 0 Å². The topological polar surface area (TPSA) is 17.8 Å².